The molecule has 0 saturated carbocycles. The molecule has 3 rings (SSSR count). The molecule has 0 spiro atoms. The summed E-state index contributed by atoms with van der Waals surface area (Å²) in [7, 11) is 0. The van der Waals surface area contributed by atoms with Gasteiger partial charge in [0.2, 0.25) is 0 Å². The summed E-state index contributed by atoms with van der Waals surface area (Å²) in [6.07, 6.45) is 0. The van der Waals surface area contributed by atoms with Crippen LogP contribution in [0.5, 0.6) is 0 Å². The van der Waals surface area contributed by atoms with Gasteiger partial charge in [0.1, 0.15) is 0 Å². The van der Waals surface area contributed by atoms with Crippen molar-refractivity contribution in [3.05, 3.63) is 69.3 Å². The number of ketones is 1. The molecular weight excluding hydrogens is 300 g/mol. The minimum Gasteiger partial charge on any atom is -0.295 e. The number of nitro benzene ring substituents is 1. The molecule has 1 aliphatic heterocycles. The van der Waals surface area contributed by atoms with Crippen LogP contribution in [-0.4, -0.2) is 22.5 Å². The summed E-state index contributed by atoms with van der Waals surface area (Å²) < 4.78 is 0. The number of imide groups is 1. The third-order valence-corrected chi connectivity index (χ3v) is 3.59. The van der Waals surface area contributed by atoms with Gasteiger partial charge in [-0.15, -0.1) is 0 Å². The van der Waals surface area contributed by atoms with Crippen LogP contribution in [0.4, 0.5) is 11.4 Å². The first-order valence-electron chi connectivity index (χ1n) is 6.68. The van der Waals surface area contributed by atoms with Crippen molar-refractivity contribution in [3.63, 3.8) is 0 Å². The third-order valence-electron chi connectivity index (χ3n) is 3.59. The zero-order valence-electron chi connectivity index (χ0n) is 12.0. The van der Waals surface area contributed by atoms with Crippen LogP contribution in [0.2, 0.25) is 0 Å². The maximum Gasteiger partial charge on any atom is 0.270 e. The van der Waals surface area contributed by atoms with E-state index in [-0.39, 0.29) is 28.3 Å². The van der Waals surface area contributed by atoms with Crippen LogP contribution in [-0.2, 0) is 0 Å². The summed E-state index contributed by atoms with van der Waals surface area (Å²) >= 11 is 0. The highest BCUT2D eigenvalue weighted by Gasteiger charge is 2.37. The number of nitrogens with zero attached hydrogens (tertiary/aromatic N) is 2. The van der Waals surface area contributed by atoms with E-state index in [2.05, 4.69) is 0 Å². The Morgan fingerprint density at radius 3 is 2.39 bits per heavy atom. The average Bonchev–Trinajstić information content (AvgIpc) is 2.78. The second-order valence-corrected chi connectivity index (χ2v) is 5.04. The number of hydrogen-bond acceptors (Lipinski definition) is 5. The Morgan fingerprint density at radius 1 is 1.04 bits per heavy atom. The largest absolute Gasteiger partial charge is 0.295 e. The SMILES string of the molecule is CC(=O)c1cccc(N2C(=O)c3ccc([N+](=O)[O-])cc3C2=O)c1. The quantitative estimate of drug-likeness (QED) is 0.375. The first-order chi connectivity index (χ1) is 10.9. The number of fused-ring (bicyclic) bond motifs is 1. The smallest absolute Gasteiger partial charge is 0.270 e. The van der Waals surface area contributed by atoms with Gasteiger partial charge in [-0.05, 0) is 25.1 Å². The molecule has 0 N–H and O–H groups in total. The number of rotatable bonds is 3. The number of nitro groups is 1. The van der Waals surface area contributed by atoms with Gasteiger partial charge in [-0.2, -0.15) is 0 Å². The first-order valence-corrected chi connectivity index (χ1v) is 6.68. The number of non-ortho nitro benzene ring substituents is 1. The molecule has 0 aromatic heterocycles. The summed E-state index contributed by atoms with van der Waals surface area (Å²) in [6, 6.07) is 9.65. The Hall–Kier alpha value is -3.35. The van der Waals surface area contributed by atoms with E-state index in [0.29, 0.717) is 5.56 Å². The van der Waals surface area contributed by atoms with Gasteiger partial charge >= 0.3 is 0 Å². The van der Waals surface area contributed by atoms with Gasteiger partial charge in [0, 0.05) is 17.7 Å². The summed E-state index contributed by atoms with van der Waals surface area (Å²) in [6.45, 7) is 1.38. The van der Waals surface area contributed by atoms with E-state index in [1.54, 1.807) is 12.1 Å². The highest BCUT2D eigenvalue weighted by molar-refractivity contribution is 6.34. The number of carbonyl (C=O) groups excluding carboxylic acids is 3. The number of hydrogen-bond donors (Lipinski definition) is 0. The topological polar surface area (TPSA) is 97.6 Å². The van der Waals surface area contributed by atoms with Crippen LogP contribution in [0.3, 0.4) is 0 Å². The molecule has 1 heterocycles. The second-order valence-electron chi connectivity index (χ2n) is 5.04. The highest BCUT2D eigenvalue weighted by atomic mass is 16.6. The van der Waals surface area contributed by atoms with Crippen LogP contribution in [0, 0.1) is 10.1 Å². The number of amides is 2. The van der Waals surface area contributed by atoms with Crippen molar-refractivity contribution in [1.82, 2.24) is 0 Å². The van der Waals surface area contributed by atoms with Crippen molar-refractivity contribution in [2.75, 3.05) is 4.90 Å². The number of carbonyl (C=O) groups is 3. The molecule has 0 atom stereocenters. The van der Waals surface area contributed by atoms with Gasteiger partial charge < -0.3 is 0 Å². The number of benzene rings is 2. The molecule has 0 unspecified atom stereocenters. The van der Waals surface area contributed by atoms with Gasteiger partial charge in [-0.25, -0.2) is 4.90 Å². The number of Topliss-reactive ketones (excluding diaryl/α,β-unsaturated/α-hetero) is 1. The molecule has 0 fully saturated rings. The molecular formula is C16H10N2O5. The molecule has 23 heavy (non-hydrogen) atoms. The third kappa shape index (κ3) is 2.28. The summed E-state index contributed by atoms with van der Waals surface area (Å²) in [5.41, 5.74) is 0.451. The zero-order chi connectivity index (χ0) is 16.7. The molecule has 7 nitrogen and oxygen atoms in total. The maximum atomic E-state index is 12.5. The van der Waals surface area contributed by atoms with E-state index < -0.39 is 16.7 Å². The highest BCUT2D eigenvalue weighted by Crippen LogP contribution is 2.31. The lowest BCUT2D eigenvalue weighted by atomic mass is 10.1. The molecule has 2 aromatic rings. The van der Waals surface area contributed by atoms with Gasteiger partial charge in [0.05, 0.1) is 21.7 Å². The predicted octanol–water partition coefficient (Wildman–Crippen LogP) is 2.60. The van der Waals surface area contributed by atoms with Crippen molar-refractivity contribution in [3.8, 4) is 0 Å². The first kappa shape index (κ1) is 14.6. The van der Waals surface area contributed by atoms with Crippen molar-refractivity contribution < 1.29 is 19.3 Å². The fourth-order valence-electron chi connectivity index (χ4n) is 2.44. The summed E-state index contributed by atoms with van der Waals surface area (Å²) in [4.78, 5) is 47.4. The van der Waals surface area contributed by atoms with Crippen LogP contribution in [0.15, 0.2) is 42.5 Å². The molecule has 7 heteroatoms. The Kier molecular flexibility index (Phi) is 3.25. The Labute approximate surface area is 130 Å². The van der Waals surface area contributed by atoms with Gasteiger partial charge in [-0.3, -0.25) is 24.5 Å². The molecule has 0 bridgehead atoms. The van der Waals surface area contributed by atoms with Gasteiger partial charge in [-0.1, -0.05) is 12.1 Å². The van der Waals surface area contributed by atoms with E-state index >= 15 is 0 Å². The van der Waals surface area contributed by atoms with E-state index in [1.165, 1.54) is 31.2 Å². The normalized spacial score (nSPS) is 13.2. The van der Waals surface area contributed by atoms with Crippen LogP contribution in [0.1, 0.15) is 38.0 Å². The van der Waals surface area contributed by atoms with E-state index in [4.69, 9.17) is 0 Å². The lowest BCUT2D eigenvalue weighted by Crippen LogP contribution is -2.29. The lowest BCUT2D eigenvalue weighted by Gasteiger charge is -2.14. The maximum absolute atomic E-state index is 12.5. The van der Waals surface area contributed by atoms with Crippen molar-refractivity contribution in [2.45, 2.75) is 6.92 Å². The minimum absolute atomic E-state index is 0.0163. The molecule has 2 aromatic carbocycles. The monoisotopic (exact) mass is 310 g/mol. The molecule has 2 amide bonds. The van der Waals surface area contributed by atoms with Crippen molar-refractivity contribution >= 4 is 29.0 Å². The molecule has 0 saturated heterocycles. The second kappa shape index (κ2) is 5.13. The van der Waals surface area contributed by atoms with Gasteiger partial charge in [0.15, 0.2) is 5.78 Å². The van der Waals surface area contributed by atoms with Crippen molar-refractivity contribution in [1.29, 1.82) is 0 Å². The summed E-state index contributed by atoms with van der Waals surface area (Å²) in [5, 5.41) is 10.8. The standard InChI is InChI=1S/C16H10N2O5/c1-9(19)10-3-2-4-11(7-10)17-15(20)13-6-5-12(18(22)23)8-14(13)16(17)21/h2-8H,1H3. The Bertz CT molecular complexity index is 888. The fourth-order valence-corrected chi connectivity index (χ4v) is 2.44. The number of anilines is 1. The van der Waals surface area contributed by atoms with Crippen LogP contribution < -0.4 is 4.90 Å². The van der Waals surface area contributed by atoms with E-state index in [1.807, 2.05) is 0 Å². The van der Waals surface area contributed by atoms with Crippen molar-refractivity contribution in [2.24, 2.45) is 0 Å². The lowest BCUT2D eigenvalue weighted by molar-refractivity contribution is -0.384. The van der Waals surface area contributed by atoms with Crippen LogP contribution in [0.25, 0.3) is 0 Å². The van der Waals surface area contributed by atoms with Crippen LogP contribution >= 0.6 is 0 Å². The molecule has 1 aliphatic rings. The average molecular weight is 310 g/mol. The minimum atomic E-state index is -0.644. The molecule has 0 aliphatic carbocycles. The summed E-state index contributed by atoms with van der Waals surface area (Å²) in [5.74, 6) is -1.41. The molecule has 0 radical (unpaired) electrons. The van der Waals surface area contributed by atoms with E-state index in [0.717, 1.165) is 11.0 Å². The van der Waals surface area contributed by atoms with Gasteiger partial charge in [0.25, 0.3) is 17.5 Å². The predicted molar refractivity (Wildman–Crippen MR) is 80.7 cm³/mol. The molecule has 114 valence electrons. The fraction of sp³-hybridized carbons (Fsp3) is 0.0625. The Morgan fingerprint density at radius 2 is 1.74 bits per heavy atom. The zero-order valence-corrected chi connectivity index (χ0v) is 12.0. The van der Waals surface area contributed by atoms with E-state index in [9.17, 15) is 24.5 Å². The Balaban J connectivity index is 2.08.